The molecule has 512 valence electrons. The van der Waals surface area contributed by atoms with Crippen LogP contribution in [0.5, 0.6) is 0 Å². The first-order chi connectivity index (χ1) is 42.4. The Balaban J connectivity index is 4.91. The van der Waals surface area contributed by atoms with Gasteiger partial charge in [-0.25, -0.2) is 0 Å². The first-order valence-corrected chi connectivity index (χ1v) is 39.4. The molecule has 0 heterocycles. The maximum atomic E-state index is 13.6. The van der Waals surface area contributed by atoms with E-state index >= 15 is 0 Å². The Kier molecular flexibility index (Phi) is 65.3. The zero-order chi connectivity index (χ0) is 63.5. The summed E-state index contributed by atoms with van der Waals surface area (Å²) >= 11 is 0. The number of nitrogens with one attached hydrogen (secondary N) is 1. The predicted octanol–water partition coefficient (Wildman–Crippen LogP) is 23.7. The fraction of sp³-hybridized carbons (Fsp3) is 0.870. The summed E-state index contributed by atoms with van der Waals surface area (Å²) in [6.45, 7) is 6.87. The highest BCUT2D eigenvalue weighted by molar-refractivity contribution is 7.45. The van der Waals surface area contributed by atoms with E-state index in [4.69, 9.17) is 13.8 Å². The molecule has 0 rings (SSSR count). The van der Waals surface area contributed by atoms with Gasteiger partial charge in [-0.1, -0.05) is 327 Å². The highest BCUT2D eigenvalue weighted by Gasteiger charge is 2.27. The van der Waals surface area contributed by atoms with Crippen LogP contribution in [0.4, 0.5) is 0 Å². The number of phosphoric ester groups is 1. The zero-order valence-corrected chi connectivity index (χ0v) is 59.6. The van der Waals surface area contributed by atoms with Crippen molar-refractivity contribution in [3.05, 3.63) is 48.6 Å². The zero-order valence-electron chi connectivity index (χ0n) is 58.7. The van der Waals surface area contributed by atoms with Gasteiger partial charge in [0, 0.05) is 12.8 Å². The van der Waals surface area contributed by atoms with Crippen molar-refractivity contribution in [2.24, 2.45) is 0 Å². The number of esters is 1. The number of carbonyl (C=O) groups excluding carboxylic acids is 2. The summed E-state index contributed by atoms with van der Waals surface area (Å²) in [4.78, 5) is 40.2. The van der Waals surface area contributed by atoms with Crippen LogP contribution >= 0.6 is 7.82 Å². The average Bonchev–Trinajstić information content (AvgIpc) is 3.70. The third-order valence-corrected chi connectivity index (χ3v) is 18.2. The van der Waals surface area contributed by atoms with Crippen LogP contribution in [0.3, 0.4) is 0 Å². The standard InChI is InChI=1S/C77H147N2O7P/c1-7-10-13-16-19-22-25-27-29-31-33-35-37-39-41-43-45-47-49-51-54-57-60-63-66-69-76(80)78-74(73-85-87(82,83)84-72-71-79(4,5)6)75(68-65-62-59-56-53-24-21-18-15-12-9-3)86-77(81)70-67-64-61-58-55-52-50-48-46-44-42-40-38-36-34-32-30-28-26-23-20-17-14-11-8-2/h20,23,27-30,65,68,74-75H,7-19,21-22,24-26,31-64,66-67,69-73H2,1-6H3,(H-,78,80,82,83)/b23-20-,29-27+,30-28-,68-65+. The number of hydrogen-bond donors (Lipinski definition) is 1. The van der Waals surface area contributed by atoms with Crippen molar-refractivity contribution in [3.63, 3.8) is 0 Å². The number of nitrogens with zero attached hydrogens (tertiary/aromatic N) is 1. The molecule has 3 atom stereocenters. The lowest BCUT2D eigenvalue weighted by Crippen LogP contribution is -2.47. The van der Waals surface area contributed by atoms with Crippen molar-refractivity contribution in [2.45, 2.75) is 392 Å². The second kappa shape index (κ2) is 66.9. The van der Waals surface area contributed by atoms with Crippen LogP contribution in [0.1, 0.15) is 380 Å². The van der Waals surface area contributed by atoms with Crippen molar-refractivity contribution in [3.8, 4) is 0 Å². The number of rotatable bonds is 70. The largest absolute Gasteiger partial charge is 0.756 e. The summed E-state index contributed by atoms with van der Waals surface area (Å²) < 4.78 is 30.5. The smallest absolute Gasteiger partial charge is 0.306 e. The number of ether oxygens (including phenoxy) is 1. The van der Waals surface area contributed by atoms with E-state index in [9.17, 15) is 19.0 Å². The average molecular weight is 1240 g/mol. The molecule has 0 aromatic rings. The molecule has 87 heavy (non-hydrogen) atoms. The molecule has 0 aliphatic heterocycles. The fourth-order valence-corrected chi connectivity index (χ4v) is 12.1. The molecule has 1 amide bonds. The molecule has 0 saturated carbocycles. The predicted molar refractivity (Wildman–Crippen MR) is 376 cm³/mol. The Hall–Kier alpha value is -2.03. The van der Waals surface area contributed by atoms with Gasteiger partial charge >= 0.3 is 5.97 Å². The quantitative estimate of drug-likeness (QED) is 0.0212. The van der Waals surface area contributed by atoms with Gasteiger partial charge in [0.1, 0.15) is 19.3 Å². The van der Waals surface area contributed by atoms with Crippen LogP contribution in [-0.4, -0.2) is 69.4 Å². The lowest BCUT2D eigenvalue weighted by Gasteiger charge is -2.30. The van der Waals surface area contributed by atoms with Gasteiger partial charge in [-0.2, -0.15) is 0 Å². The molecule has 3 unspecified atom stereocenters. The molecule has 0 fully saturated rings. The van der Waals surface area contributed by atoms with Crippen LogP contribution < -0.4 is 10.2 Å². The van der Waals surface area contributed by atoms with Crippen LogP contribution in [-0.2, 0) is 27.9 Å². The number of quaternary nitrogens is 1. The van der Waals surface area contributed by atoms with Crippen molar-refractivity contribution in [1.82, 2.24) is 5.32 Å². The second-order valence-electron chi connectivity index (χ2n) is 27.1. The molecule has 0 aliphatic carbocycles. The number of hydrogen-bond acceptors (Lipinski definition) is 7. The molecule has 0 saturated heterocycles. The van der Waals surface area contributed by atoms with Gasteiger partial charge in [0.15, 0.2) is 0 Å². The molecular weight excluding hydrogens is 1100 g/mol. The van der Waals surface area contributed by atoms with E-state index in [0.717, 1.165) is 64.2 Å². The van der Waals surface area contributed by atoms with Crippen molar-refractivity contribution in [1.29, 1.82) is 0 Å². The number of unbranched alkanes of at least 4 members (excludes halogenated alkanes) is 48. The van der Waals surface area contributed by atoms with Gasteiger partial charge < -0.3 is 28.5 Å². The maximum Gasteiger partial charge on any atom is 0.306 e. The van der Waals surface area contributed by atoms with Crippen LogP contribution in [0.15, 0.2) is 48.6 Å². The minimum Gasteiger partial charge on any atom is -0.756 e. The van der Waals surface area contributed by atoms with E-state index in [2.05, 4.69) is 62.5 Å². The minimum atomic E-state index is -4.70. The Labute approximate surface area is 541 Å². The van der Waals surface area contributed by atoms with E-state index in [1.165, 1.54) is 283 Å². The summed E-state index contributed by atoms with van der Waals surface area (Å²) in [5, 5.41) is 3.05. The summed E-state index contributed by atoms with van der Waals surface area (Å²) in [7, 11) is 1.20. The molecule has 1 N–H and O–H groups in total. The van der Waals surface area contributed by atoms with Gasteiger partial charge in [0.2, 0.25) is 5.91 Å². The minimum absolute atomic E-state index is 0.0201. The summed E-state index contributed by atoms with van der Waals surface area (Å²) in [6, 6.07) is -0.887. The highest BCUT2D eigenvalue weighted by atomic mass is 31.2. The number of phosphoric acid groups is 1. The van der Waals surface area contributed by atoms with Gasteiger partial charge in [-0.15, -0.1) is 0 Å². The number of carbonyl (C=O) groups is 2. The number of amides is 1. The van der Waals surface area contributed by atoms with Crippen molar-refractivity contribution in [2.75, 3.05) is 40.9 Å². The van der Waals surface area contributed by atoms with Gasteiger partial charge in [0.25, 0.3) is 7.82 Å². The number of allylic oxidation sites excluding steroid dienone is 7. The van der Waals surface area contributed by atoms with Crippen molar-refractivity contribution < 1.29 is 37.3 Å². The van der Waals surface area contributed by atoms with E-state index in [1.807, 2.05) is 33.3 Å². The Morgan fingerprint density at radius 1 is 0.402 bits per heavy atom. The van der Waals surface area contributed by atoms with Gasteiger partial charge in [-0.05, 0) is 89.5 Å². The highest BCUT2D eigenvalue weighted by Crippen LogP contribution is 2.38. The molecular formula is C77H147N2O7P. The molecule has 9 nitrogen and oxygen atoms in total. The van der Waals surface area contributed by atoms with E-state index in [-0.39, 0.29) is 31.5 Å². The third kappa shape index (κ3) is 68.2. The van der Waals surface area contributed by atoms with Crippen LogP contribution in [0.25, 0.3) is 0 Å². The van der Waals surface area contributed by atoms with Crippen molar-refractivity contribution >= 4 is 19.7 Å². The van der Waals surface area contributed by atoms with Crippen LogP contribution in [0.2, 0.25) is 0 Å². The normalized spacial score (nSPS) is 13.7. The van der Waals surface area contributed by atoms with Gasteiger partial charge in [0.05, 0.1) is 33.8 Å². The second-order valence-corrected chi connectivity index (χ2v) is 28.6. The fourth-order valence-electron chi connectivity index (χ4n) is 11.4. The molecule has 0 aliphatic rings. The SMILES string of the molecule is CCCCC/C=C\C/C=C\CCCCCCCCCCCCCCCCCC(=O)OC(/C=C/CCCCCCCCCCC)C(COP(=O)([O-])OCC[N+](C)(C)C)NC(=O)CCCCCCCCCCCCCCCCC/C=C/CCCCCCCC. The Bertz CT molecular complexity index is 1620. The van der Waals surface area contributed by atoms with Crippen LogP contribution in [0, 0.1) is 0 Å². The summed E-state index contributed by atoms with van der Waals surface area (Å²) in [5.41, 5.74) is 0. The molecule has 0 bridgehead atoms. The third-order valence-electron chi connectivity index (χ3n) is 17.2. The lowest BCUT2D eigenvalue weighted by atomic mass is 10.0. The molecule has 10 heteroatoms. The monoisotopic (exact) mass is 1240 g/mol. The van der Waals surface area contributed by atoms with E-state index in [1.54, 1.807) is 0 Å². The molecule has 0 aromatic heterocycles. The Morgan fingerprint density at radius 2 is 0.701 bits per heavy atom. The molecule has 0 radical (unpaired) electrons. The molecule has 0 spiro atoms. The summed E-state index contributed by atoms with van der Waals surface area (Å²) in [5.74, 6) is -0.522. The summed E-state index contributed by atoms with van der Waals surface area (Å²) in [6.07, 6.45) is 85.4. The first kappa shape index (κ1) is 85.0. The van der Waals surface area contributed by atoms with E-state index < -0.39 is 20.0 Å². The first-order valence-electron chi connectivity index (χ1n) is 37.9. The lowest BCUT2D eigenvalue weighted by molar-refractivity contribution is -0.870. The van der Waals surface area contributed by atoms with Gasteiger partial charge in [-0.3, -0.25) is 14.2 Å². The number of likely N-dealkylation sites (N-methyl/N-ethyl adjacent to an activating group) is 1. The van der Waals surface area contributed by atoms with E-state index in [0.29, 0.717) is 17.4 Å². The Morgan fingerprint density at radius 3 is 1.07 bits per heavy atom. The maximum absolute atomic E-state index is 13.6. The molecule has 0 aromatic carbocycles. The topological polar surface area (TPSA) is 114 Å².